The molecular formula is C9H12FN2O9P. The number of nitrogens with one attached hydrogen (secondary N) is 1. The number of ether oxygens (including phenoxy) is 1. The largest absolute Gasteiger partial charge is 0.470 e. The Morgan fingerprint density at radius 2 is 2.09 bits per heavy atom. The first-order valence-electron chi connectivity index (χ1n) is 5.83. The minimum Gasteiger partial charge on any atom is -0.394 e. The van der Waals surface area contributed by atoms with Gasteiger partial charge in [0.05, 0.1) is 12.8 Å². The molecule has 1 aromatic rings. The molecule has 5 N–H and O–H groups in total. The Balaban J connectivity index is 2.38. The fraction of sp³-hybridized carbons (Fsp3) is 0.556. The molecule has 0 bridgehead atoms. The van der Waals surface area contributed by atoms with Crippen molar-refractivity contribution in [3.05, 3.63) is 32.9 Å². The predicted molar refractivity (Wildman–Crippen MR) is 65.2 cm³/mol. The summed E-state index contributed by atoms with van der Waals surface area (Å²) in [5.74, 6) is -1.34. The highest BCUT2D eigenvalue weighted by molar-refractivity contribution is 7.46. The van der Waals surface area contributed by atoms with Crippen molar-refractivity contribution in [2.24, 2.45) is 0 Å². The molecule has 11 nitrogen and oxygen atoms in total. The summed E-state index contributed by atoms with van der Waals surface area (Å²) < 4.78 is 33.9. The second-order valence-corrected chi connectivity index (χ2v) is 5.63. The normalized spacial score (nSPS) is 29.0. The molecule has 0 aliphatic carbocycles. The molecule has 2 heterocycles. The first-order valence-corrected chi connectivity index (χ1v) is 7.36. The summed E-state index contributed by atoms with van der Waals surface area (Å²) in [5, 5.41) is 19.1. The third-order valence-corrected chi connectivity index (χ3v) is 3.46. The van der Waals surface area contributed by atoms with E-state index in [9.17, 15) is 23.7 Å². The molecule has 0 aromatic carbocycles. The molecule has 0 unspecified atom stereocenters. The van der Waals surface area contributed by atoms with E-state index in [1.807, 2.05) is 0 Å². The predicted octanol–water partition coefficient (Wildman–Crippen LogP) is -2.60. The van der Waals surface area contributed by atoms with Crippen LogP contribution in [0.25, 0.3) is 0 Å². The zero-order valence-electron chi connectivity index (χ0n) is 10.7. The average Bonchev–Trinajstić information content (AvgIpc) is 2.69. The molecule has 0 saturated carbocycles. The van der Waals surface area contributed by atoms with E-state index < -0.39 is 56.0 Å². The summed E-state index contributed by atoms with van der Waals surface area (Å²) in [6.45, 7) is -0.793. The van der Waals surface area contributed by atoms with Crippen LogP contribution in [0.1, 0.15) is 6.23 Å². The summed E-state index contributed by atoms with van der Waals surface area (Å²) >= 11 is 0. The first kappa shape index (κ1) is 17.0. The minimum atomic E-state index is -5.02. The SMILES string of the molecule is O=c1[nH]c(=O)n([C@@H]2O[C@H](CO)[C@@H](OP(=O)(O)O)[C@H]2O)cc1F. The molecule has 0 amide bonds. The third kappa shape index (κ3) is 3.33. The summed E-state index contributed by atoms with van der Waals surface area (Å²) in [7, 11) is -5.02. The monoisotopic (exact) mass is 342 g/mol. The topological polar surface area (TPSA) is 171 Å². The highest BCUT2D eigenvalue weighted by Gasteiger charge is 2.48. The highest BCUT2D eigenvalue weighted by atomic mass is 31.2. The van der Waals surface area contributed by atoms with Gasteiger partial charge < -0.3 is 24.7 Å². The van der Waals surface area contributed by atoms with E-state index in [2.05, 4.69) is 4.52 Å². The van der Waals surface area contributed by atoms with E-state index in [0.29, 0.717) is 10.8 Å². The van der Waals surface area contributed by atoms with E-state index in [4.69, 9.17) is 19.6 Å². The van der Waals surface area contributed by atoms with Gasteiger partial charge >= 0.3 is 13.5 Å². The molecule has 1 saturated heterocycles. The average molecular weight is 342 g/mol. The molecule has 1 aliphatic rings. The van der Waals surface area contributed by atoms with Gasteiger partial charge in [0, 0.05) is 0 Å². The number of aromatic nitrogens is 2. The van der Waals surface area contributed by atoms with Gasteiger partial charge in [-0.3, -0.25) is 18.9 Å². The van der Waals surface area contributed by atoms with Crippen LogP contribution in [0.2, 0.25) is 0 Å². The maximum atomic E-state index is 13.2. The van der Waals surface area contributed by atoms with Crippen molar-refractivity contribution in [3.63, 3.8) is 0 Å². The van der Waals surface area contributed by atoms with Crippen molar-refractivity contribution in [3.8, 4) is 0 Å². The van der Waals surface area contributed by atoms with Gasteiger partial charge in [0.25, 0.3) is 5.56 Å². The second kappa shape index (κ2) is 6.01. The zero-order chi connectivity index (χ0) is 16.7. The fourth-order valence-electron chi connectivity index (χ4n) is 2.03. The molecule has 0 spiro atoms. The van der Waals surface area contributed by atoms with Crippen LogP contribution in [0.5, 0.6) is 0 Å². The summed E-state index contributed by atoms with van der Waals surface area (Å²) in [5.41, 5.74) is -2.40. The minimum absolute atomic E-state index is 0.462. The highest BCUT2D eigenvalue weighted by Crippen LogP contribution is 2.43. The number of phosphoric acid groups is 1. The van der Waals surface area contributed by atoms with Crippen molar-refractivity contribution in [2.75, 3.05) is 6.61 Å². The van der Waals surface area contributed by atoms with Gasteiger partial charge in [-0.1, -0.05) is 0 Å². The summed E-state index contributed by atoms with van der Waals surface area (Å²) in [4.78, 5) is 41.7. The Bertz CT molecular complexity index is 712. The van der Waals surface area contributed by atoms with Crippen LogP contribution in [0.4, 0.5) is 4.39 Å². The summed E-state index contributed by atoms with van der Waals surface area (Å²) in [6, 6.07) is 0. The van der Waals surface area contributed by atoms with Crippen molar-refractivity contribution in [1.29, 1.82) is 0 Å². The number of aliphatic hydroxyl groups excluding tert-OH is 2. The number of phosphoric ester groups is 1. The second-order valence-electron chi connectivity index (χ2n) is 4.44. The van der Waals surface area contributed by atoms with Crippen molar-refractivity contribution in [1.82, 2.24) is 9.55 Å². The Labute approximate surface area is 120 Å². The van der Waals surface area contributed by atoms with Crippen LogP contribution >= 0.6 is 7.82 Å². The van der Waals surface area contributed by atoms with Crippen molar-refractivity contribution >= 4 is 7.82 Å². The van der Waals surface area contributed by atoms with E-state index in [0.717, 1.165) is 0 Å². The first-order chi connectivity index (χ1) is 10.1. The van der Waals surface area contributed by atoms with E-state index >= 15 is 0 Å². The molecule has 1 aliphatic heterocycles. The molecular weight excluding hydrogens is 330 g/mol. The van der Waals surface area contributed by atoms with Crippen LogP contribution in [0.15, 0.2) is 15.8 Å². The van der Waals surface area contributed by atoms with Crippen molar-refractivity contribution < 1.29 is 38.2 Å². The fourth-order valence-corrected chi connectivity index (χ4v) is 2.61. The molecule has 1 aromatic heterocycles. The lowest BCUT2D eigenvalue weighted by Gasteiger charge is -2.20. The van der Waals surface area contributed by atoms with Gasteiger partial charge in [0.1, 0.15) is 18.3 Å². The molecule has 0 radical (unpaired) electrons. The van der Waals surface area contributed by atoms with Crippen molar-refractivity contribution in [2.45, 2.75) is 24.5 Å². The standard InChI is InChI=1S/C9H12FN2O9P/c10-3-1-12(9(16)11-7(3)15)8-5(14)6(4(2-13)20-8)21-22(17,18)19/h1,4-6,8,13-14H,2H2,(H,11,15,16)(H2,17,18,19)/t4-,5-,6-,8-/m1/s1. The number of halogens is 1. The molecule has 4 atom stereocenters. The van der Waals surface area contributed by atoms with E-state index in [1.165, 1.54) is 0 Å². The lowest BCUT2D eigenvalue weighted by Crippen LogP contribution is -2.39. The van der Waals surface area contributed by atoms with Gasteiger partial charge in [-0.2, -0.15) is 4.39 Å². The van der Waals surface area contributed by atoms with E-state index in [1.54, 1.807) is 4.98 Å². The molecule has 124 valence electrons. The Morgan fingerprint density at radius 3 is 2.64 bits per heavy atom. The lowest BCUT2D eigenvalue weighted by molar-refractivity contribution is -0.0553. The quantitative estimate of drug-likeness (QED) is 0.368. The number of hydrogen-bond donors (Lipinski definition) is 5. The van der Waals surface area contributed by atoms with Crippen LogP contribution < -0.4 is 11.2 Å². The number of aliphatic hydroxyl groups is 2. The number of rotatable bonds is 4. The third-order valence-electron chi connectivity index (χ3n) is 2.95. The van der Waals surface area contributed by atoms with Crippen LogP contribution in [0, 0.1) is 5.82 Å². The Morgan fingerprint density at radius 1 is 1.45 bits per heavy atom. The number of hydrogen-bond acceptors (Lipinski definition) is 7. The summed E-state index contributed by atoms with van der Waals surface area (Å²) in [6.07, 6.45) is -6.02. The van der Waals surface area contributed by atoms with Gasteiger partial charge in [0.15, 0.2) is 6.23 Å². The van der Waals surface area contributed by atoms with Crippen LogP contribution in [-0.4, -0.2) is 54.5 Å². The maximum absolute atomic E-state index is 13.2. The Hall–Kier alpha value is -1.40. The molecule has 13 heteroatoms. The van der Waals surface area contributed by atoms with Gasteiger partial charge in [-0.15, -0.1) is 0 Å². The van der Waals surface area contributed by atoms with Gasteiger partial charge in [-0.25, -0.2) is 9.36 Å². The maximum Gasteiger partial charge on any atom is 0.470 e. The number of H-pyrrole nitrogens is 1. The number of aromatic amines is 1. The lowest BCUT2D eigenvalue weighted by atomic mass is 10.1. The Kier molecular flexibility index (Phi) is 4.63. The number of nitrogens with zero attached hydrogens (tertiary/aromatic N) is 1. The van der Waals surface area contributed by atoms with Crippen LogP contribution in [-0.2, 0) is 13.8 Å². The molecule has 22 heavy (non-hydrogen) atoms. The smallest absolute Gasteiger partial charge is 0.394 e. The molecule has 2 rings (SSSR count). The van der Waals surface area contributed by atoms with Gasteiger partial charge in [0.2, 0.25) is 5.82 Å². The van der Waals surface area contributed by atoms with Gasteiger partial charge in [-0.05, 0) is 0 Å². The van der Waals surface area contributed by atoms with E-state index in [-0.39, 0.29) is 0 Å². The molecule has 1 fully saturated rings. The van der Waals surface area contributed by atoms with Crippen LogP contribution in [0.3, 0.4) is 0 Å². The zero-order valence-corrected chi connectivity index (χ0v) is 11.6.